The fourth-order valence-electron chi connectivity index (χ4n) is 6.35. The van der Waals surface area contributed by atoms with Gasteiger partial charge in [0, 0.05) is 26.7 Å². The molecule has 0 radical (unpaired) electrons. The van der Waals surface area contributed by atoms with Gasteiger partial charge in [-0.2, -0.15) is 13.2 Å². The van der Waals surface area contributed by atoms with E-state index in [1.807, 2.05) is 133 Å². The van der Waals surface area contributed by atoms with Gasteiger partial charge in [-0.25, -0.2) is 0 Å². The van der Waals surface area contributed by atoms with Crippen LogP contribution in [0.15, 0.2) is 237 Å². The lowest BCUT2D eigenvalue weighted by molar-refractivity contribution is -0.137. The molecule has 8 aromatic rings. The maximum atomic E-state index is 12.4. The highest BCUT2D eigenvalue weighted by Crippen LogP contribution is 2.29. The van der Waals surface area contributed by atoms with Crippen molar-refractivity contribution in [3.05, 3.63) is 297 Å². The van der Waals surface area contributed by atoms with E-state index in [-0.39, 0.29) is 17.3 Å². The van der Waals surface area contributed by atoms with E-state index in [4.69, 9.17) is 32.7 Å². The molecule has 0 aliphatic heterocycles. The third-order valence-electron chi connectivity index (χ3n) is 10.4. The maximum Gasteiger partial charge on any atom is 0.416 e. The monoisotopic (exact) mass is 1010 g/mol. The molecule has 0 unspecified atom stereocenters. The van der Waals surface area contributed by atoms with Crippen LogP contribution in [0, 0.1) is 0 Å². The summed E-state index contributed by atoms with van der Waals surface area (Å²) in [5.74, 6) is 1.50. The topological polar surface area (TPSA) is 69.7 Å². The van der Waals surface area contributed by atoms with Crippen LogP contribution in [0.3, 0.4) is 0 Å². The molecule has 10 heteroatoms. The summed E-state index contributed by atoms with van der Waals surface area (Å²) in [4.78, 5) is 35.6. The minimum atomic E-state index is -4.27. The van der Waals surface area contributed by atoms with Crippen LogP contribution in [0.25, 0.3) is 24.3 Å². The van der Waals surface area contributed by atoms with Crippen molar-refractivity contribution in [1.82, 2.24) is 0 Å². The second-order valence-electron chi connectivity index (χ2n) is 15.6. The average Bonchev–Trinajstić information content (AvgIpc) is 3.43. The van der Waals surface area contributed by atoms with E-state index in [2.05, 4.69) is 0 Å². The molecule has 0 aliphatic carbocycles. The molecule has 0 N–H and O–H groups in total. The lowest BCUT2D eigenvalue weighted by atomic mass is 10.1. The molecule has 0 bridgehead atoms. The Hall–Kier alpha value is -8.30. The molecule has 0 heterocycles. The predicted molar refractivity (Wildman–Crippen MR) is 292 cm³/mol. The molecule has 0 spiro atoms. The van der Waals surface area contributed by atoms with Crippen molar-refractivity contribution >= 4 is 64.9 Å². The van der Waals surface area contributed by atoms with Crippen molar-refractivity contribution in [3.63, 3.8) is 0 Å². The van der Waals surface area contributed by atoms with E-state index < -0.39 is 11.7 Å². The third kappa shape index (κ3) is 20.5. The van der Waals surface area contributed by atoms with E-state index in [1.165, 1.54) is 18.2 Å². The van der Waals surface area contributed by atoms with Gasteiger partial charge in [-0.15, -0.1) is 0 Å². The third-order valence-corrected chi connectivity index (χ3v) is 10.9. The van der Waals surface area contributed by atoms with Crippen LogP contribution in [-0.4, -0.2) is 31.6 Å². The predicted octanol–water partition coefficient (Wildman–Crippen LogP) is 17.0. The van der Waals surface area contributed by atoms with Crippen molar-refractivity contribution in [3.8, 4) is 11.5 Å². The molecule has 8 aromatic carbocycles. The lowest BCUT2D eigenvalue weighted by Crippen LogP contribution is -2.04. The van der Waals surface area contributed by atoms with Crippen LogP contribution in [0.1, 0.15) is 64.5 Å². The Bertz CT molecular complexity index is 3040. The Morgan fingerprint density at radius 1 is 0.411 bits per heavy atom. The molecule has 73 heavy (non-hydrogen) atoms. The van der Waals surface area contributed by atoms with Crippen LogP contribution >= 0.6 is 23.2 Å². The Morgan fingerprint density at radius 2 is 0.740 bits per heavy atom. The normalized spacial score (nSPS) is 10.9. The number of benzene rings is 8. The molecule has 0 saturated carbocycles. The Labute approximate surface area is 434 Å². The van der Waals surface area contributed by atoms with Crippen molar-refractivity contribution in [2.24, 2.45) is 0 Å². The summed E-state index contributed by atoms with van der Waals surface area (Å²) in [6.07, 6.45) is 10.3. The quantitative estimate of drug-likeness (QED) is 0.0802. The Balaban J connectivity index is 0.000000181. The number of alkyl halides is 3. The zero-order valence-corrected chi connectivity index (χ0v) is 41.5. The van der Waals surface area contributed by atoms with Gasteiger partial charge in [-0.1, -0.05) is 181 Å². The van der Waals surface area contributed by atoms with E-state index in [0.29, 0.717) is 33.2 Å². The number of ether oxygens (including phenoxy) is 2. The van der Waals surface area contributed by atoms with Crippen molar-refractivity contribution < 1.29 is 37.0 Å². The highest BCUT2D eigenvalue weighted by atomic mass is 35.5. The summed E-state index contributed by atoms with van der Waals surface area (Å²) in [6.45, 7) is 0. The fourth-order valence-corrected chi connectivity index (χ4v) is 6.61. The van der Waals surface area contributed by atoms with Gasteiger partial charge in [0.05, 0.1) is 19.8 Å². The van der Waals surface area contributed by atoms with Crippen LogP contribution in [0.2, 0.25) is 10.0 Å². The van der Waals surface area contributed by atoms with Gasteiger partial charge in [-0.3, -0.25) is 14.4 Å². The van der Waals surface area contributed by atoms with Crippen LogP contribution in [0.4, 0.5) is 13.2 Å². The SMILES string of the molecule is COc1ccc(C(=O)C=Cc2ccccc2)cc1.COc1ccc(C=CC(=O)c2ccccc2)cc1.FC(F)(F)c1ccc(CC=Cc2ccccc2)cc1.O=C(C=Cc1ccc(Cl)cc1)c1ccc(Cl)cc1. The highest BCUT2D eigenvalue weighted by Gasteiger charge is 2.29. The number of allylic oxidation sites excluding steroid dienone is 4. The number of ketones is 3. The molecule has 0 fully saturated rings. The largest absolute Gasteiger partial charge is 0.497 e. The average molecular weight is 1020 g/mol. The number of hydrogen-bond donors (Lipinski definition) is 0. The molecule has 8 rings (SSSR count). The highest BCUT2D eigenvalue weighted by molar-refractivity contribution is 6.31. The Kier molecular flexibility index (Phi) is 22.7. The van der Waals surface area contributed by atoms with E-state index in [9.17, 15) is 27.6 Å². The van der Waals surface area contributed by atoms with Crippen molar-refractivity contribution in [1.29, 1.82) is 0 Å². The van der Waals surface area contributed by atoms with Gasteiger partial charge in [0.15, 0.2) is 17.3 Å². The van der Waals surface area contributed by atoms with Crippen LogP contribution in [0.5, 0.6) is 11.5 Å². The second-order valence-corrected chi connectivity index (χ2v) is 16.5. The summed E-state index contributed by atoms with van der Waals surface area (Å²) in [5.41, 5.74) is 6.22. The Morgan fingerprint density at radius 3 is 1.15 bits per heavy atom. The molecular weight excluding hydrogens is 965 g/mol. The summed E-state index contributed by atoms with van der Waals surface area (Å²) in [7, 11) is 3.23. The zero-order chi connectivity index (χ0) is 52.3. The first-order valence-electron chi connectivity index (χ1n) is 22.7. The number of rotatable bonds is 14. The van der Waals surface area contributed by atoms with Gasteiger partial charge in [0.2, 0.25) is 0 Å². The molecule has 0 amide bonds. The van der Waals surface area contributed by atoms with E-state index in [0.717, 1.165) is 51.4 Å². The first kappa shape index (κ1) is 55.6. The first-order chi connectivity index (χ1) is 35.3. The summed E-state index contributed by atoms with van der Waals surface area (Å²) in [5, 5.41) is 1.30. The molecule has 368 valence electrons. The zero-order valence-electron chi connectivity index (χ0n) is 40.0. The number of methoxy groups -OCH3 is 2. The molecular formula is C63H51Cl2F3O5. The van der Waals surface area contributed by atoms with E-state index >= 15 is 0 Å². The molecule has 0 atom stereocenters. The maximum absolute atomic E-state index is 12.4. The fraction of sp³-hybridized carbons (Fsp3) is 0.0635. The summed E-state index contributed by atoms with van der Waals surface area (Å²) < 4.78 is 47.3. The molecule has 0 saturated heterocycles. The van der Waals surface area contributed by atoms with Crippen LogP contribution < -0.4 is 9.47 Å². The van der Waals surface area contributed by atoms with E-state index in [1.54, 1.807) is 111 Å². The smallest absolute Gasteiger partial charge is 0.416 e. The summed E-state index contributed by atoms with van der Waals surface area (Å²) >= 11 is 11.5. The number of halogens is 5. The van der Waals surface area contributed by atoms with Gasteiger partial charge in [-0.05, 0) is 137 Å². The first-order valence-corrected chi connectivity index (χ1v) is 23.5. The van der Waals surface area contributed by atoms with Crippen molar-refractivity contribution in [2.75, 3.05) is 14.2 Å². The molecule has 0 aliphatic rings. The second kappa shape index (κ2) is 29.8. The molecule has 0 aromatic heterocycles. The van der Waals surface area contributed by atoms with Crippen molar-refractivity contribution in [2.45, 2.75) is 12.6 Å². The molecule has 5 nitrogen and oxygen atoms in total. The number of hydrogen-bond acceptors (Lipinski definition) is 5. The number of carbonyl (C=O) groups excluding carboxylic acids is 3. The van der Waals surface area contributed by atoms with Gasteiger partial charge < -0.3 is 9.47 Å². The van der Waals surface area contributed by atoms with Gasteiger partial charge in [0.1, 0.15) is 11.5 Å². The minimum absolute atomic E-state index is 0.00594. The lowest BCUT2D eigenvalue weighted by Gasteiger charge is -2.06. The standard InChI is InChI=1S/C16H13F3.2C16H14O2.C15H10Cl2O/c17-16(18,19)15-11-9-14(10-12-15)8-4-7-13-5-2-1-3-6-13;1-18-15-10-8-14(9-11-15)16(17)12-7-13-5-3-2-4-6-13;1-18-15-10-7-13(8-11-15)9-12-16(17)14-5-3-2-4-6-14;16-13-6-1-11(2-7-13)3-10-15(18)12-4-8-14(17)9-5-12/h1-7,9-12H,8H2;2*2-12H,1H3;1-10H. The van der Waals surface area contributed by atoms with Crippen LogP contribution in [-0.2, 0) is 12.6 Å². The van der Waals surface area contributed by atoms with Gasteiger partial charge in [0.25, 0.3) is 0 Å². The number of carbonyl (C=O) groups is 3. The minimum Gasteiger partial charge on any atom is -0.497 e. The summed E-state index contributed by atoms with van der Waals surface area (Å²) in [6, 6.07) is 62.7. The van der Waals surface area contributed by atoms with Gasteiger partial charge >= 0.3 is 6.18 Å².